The van der Waals surface area contributed by atoms with E-state index in [2.05, 4.69) is 10.3 Å². The topological polar surface area (TPSA) is 50.2 Å². The number of anilines is 2. The smallest absolute Gasteiger partial charge is 0.332 e. The molecule has 0 radical (unpaired) electrons. The maximum atomic E-state index is 13.2. The number of fused-ring (bicyclic) bond motifs is 3. The van der Waals surface area contributed by atoms with Gasteiger partial charge in [-0.15, -0.1) is 0 Å². The van der Waals surface area contributed by atoms with Gasteiger partial charge in [-0.05, 0) is 45.0 Å². The molecule has 0 saturated heterocycles. The summed E-state index contributed by atoms with van der Waals surface area (Å²) in [7, 11) is 0. The summed E-state index contributed by atoms with van der Waals surface area (Å²) in [6.07, 6.45) is 0. The summed E-state index contributed by atoms with van der Waals surface area (Å²) < 4.78 is 1.64. The molecule has 23 heavy (non-hydrogen) atoms. The Labute approximate surface area is 134 Å². The molecule has 1 aromatic heterocycles. The van der Waals surface area contributed by atoms with Crippen LogP contribution < -0.4 is 10.2 Å². The van der Waals surface area contributed by atoms with Gasteiger partial charge >= 0.3 is 6.03 Å². The minimum absolute atomic E-state index is 0.0960. The van der Waals surface area contributed by atoms with Crippen LogP contribution in [-0.4, -0.2) is 21.2 Å². The Morgan fingerprint density at radius 1 is 1.04 bits per heavy atom. The highest BCUT2D eigenvalue weighted by atomic mass is 16.2. The van der Waals surface area contributed by atoms with Crippen LogP contribution in [0.15, 0.2) is 48.5 Å². The second kappa shape index (κ2) is 4.59. The predicted octanol–water partition coefficient (Wildman–Crippen LogP) is 3.98. The number of benzene rings is 2. The van der Waals surface area contributed by atoms with Crippen LogP contribution in [0.1, 0.15) is 19.4 Å². The van der Waals surface area contributed by atoms with Crippen LogP contribution in [0.5, 0.6) is 0 Å². The highest BCUT2D eigenvalue weighted by molar-refractivity contribution is 6.04. The molecule has 0 fully saturated rings. The number of hydrogen-bond acceptors (Lipinski definition) is 3. The van der Waals surface area contributed by atoms with Crippen molar-refractivity contribution in [2.75, 3.05) is 10.2 Å². The molecule has 1 amide bonds. The number of amides is 1. The molecule has 0 saturated carbocycles. The van der Waals surface area contributed by atoms with E-state index in [1.807, 2.05) is 69.3 Å². The molecule has 1 aliphatic heterocycles. The fraction of sp³-hybridized carbons (Fsp3) is 0.222. The van der Waals surface area contributed by atoms with E-state index in [1.165, 1.54) is 0 Å². The van der Waals surface area contributed by atoms with Gasteiger partial charge in [0.05, 0.1) is 11.0 Å². The van der Waals surface area contributed by atoms with Gasteiger partial charge in [-0.1, -0.05) is 29.8 Å². The molecule has 1 N–H and O–H groups in total. The van der Waals surface area contributed by atoms with Crippen molar-refractivity contribution in [2.24, 2.45) is 0 Å². The molecular formula is C18H18N4O. The zero-order chi connectivity index (χ0) is 16.2. The lowest BCUT2D eigenvalue weighted by atomic mass is 10.1. The van der Waals surface area contributed by atoms with Crippen LogP contribution in [0.25, 0.3) is 11.0 Å². The number of aryl methyl sites for hydroxylation is 1. The quantitative estimate of drug-likeness (QED) is 0.740. The van der Waals surface area contributed by atoms with Crippen LogP contribution in [0, 0.1) is 6.92 Å². The molecule has 5 nitrogen and oxygen atoms in total. The van der Waals surface area contributed by atoms with Gasteiger partial charge in [0.25, 0.3) is 0 Å². The largest absolute Gasteiger partial charge is 0.337 e. The van der Waals surface area contributed by atoms with E-state index in [0.29, 0.717) is 5.95 Å². The van der Waals surface area contributed by atoms with E-state index in [1.54, 1.807) is 9.47 Å². The van der Waals surface area contributed by atoms with Crippen molar-refractivity contribution >= 4 is 28.7 Å². The fourth-order valence-corrected chi connectivity index (χ4v) is 3.10. The van der Waals surface area contributed by atoms with Gasteiger partial charge in [0, 0.05) is 5.69 Å². The Bertz CT molecular complexity index is 908. The van der Waals surface area contributed by atoms with Crippen molar-refractivity contribution in [3.05, 3.63) is 54.1 Å². The summed E-state index contributed by atoms with van der Waals surface area (Å²) >= 11 is 0. The van der Waals surface area contributed by atoms with Gasteiger partial charge < -0.3 is 5.32 Å². The number of para-hydroxylation sites is 2. The number of imidazole rings is 1. The van der Waals surface area contributed by atoms with Crippen molar-refractivity contribution < 1.29 is 4.79 Å². The van der Waals surface area contributed by atoms with Crippen molar-refractivity contribution in [1.29, 1.82) is 0 Å². The summed E-state index contributed by atoms with van der Waals surface area (Å²) in [5, 5.41) is 3.38. The molecule has 0 bridgehead atoms. The van der Waals surface area contributed by atoms with Gasteiger partial charge in [0.2, 0.25) is 5.95 Å². The Morgan fingerprint density at radius 2 is 1.74 bits per heavy atom. The zero-order valence-corrected chi connectivity index (χ0v) is 13.4. The lowest BCUT2D eigenvalue weighted by Gasteiger charge is -2.43. The third-order valence-corrected chi connectivity index (χ3v) is 4.21. The first-order valence-corrected chi connectivity index (χ1v) is 7.64. The third kappa shape index (κ3) is 2.00. The molecule has 0 unspecified atom stereocenters. The summed E-state index contributed by atoms with van der Waals surface area (Å²) in [6, 6.07) is 15.5. The monoisotopic (exact) mass is 306 g/mol. The van der Waals surface area contributed by atoms with Crippen molar-refractivity contribution in [1.82, 2.24) is 9.55 Å². The number of rotatable bonds is 1. The highest BCUT2D eigenvalue weighted by Crippen LogP contribution is 2.33. The maximum Gasteiger partial charge on any atom is 0.337 e. The number of carbonyl (C=O) groups excluding carboxylic acids is 1. The third-order valence-electron chi connectivity index (χ3n) is 4.21. The van der Waals surface area contributed by atoms with E-state index in [4.69, 9.17) is 0 Å². The minimum Gasteiger partial charge on any atom is -0.332 e. The van der Waals surface area contributed by atoms with E-state index in [9.17, 15) is 4.79 Å². The van der Waals surface area contributed by atoms with Crippen LogP contribution in [0.4, 0.5) is 16.4 Å². The molecule has 0 spiro atoms. The Balaban J connectivity index is 1.91. The standard InChI is InChI=1S/C18H18N4O/c1-12-8-10-13(11-9-12)22-17(23)21-15-7-5-4-6-14(15)19-16(21)20-18(22,2)3/h4-11H,1-3H3,(H,19,20). The molecule has 116 valence electrons. The Morgan fingerprint density at radius 3 is 2.48 bits per heavy atom. The number of nitrogens with zero attached hydrogens (tertiary/aromatic N) is 3. The lowest BCUT2D eigenvalue weighted by Crippen LogP contribution is -2.58. The molecule has 5 heteroatoms. The SMILES string of the molecule is Cc1ccc(N2C(=O)n3c(nc4ccccc43)NC2(C)C)cc1. The molecule has 0 aliphatic carbocycles. The van der Waals surface area contributed by atoms with Gasteiger partial charge in [-0.3, -0.25) is 4.90 Å². The van der Waals surface area contributed by atoms with Gasteiger partial charge in [-0.25, -0.2) is 14.3 Å². The zero-order valence-electron chi connectivity index (χ0n) is 13.4. The molecule has 2 heterocycles. The minimum atomic E-state index is -0.566. The first kappa shape index (κ1) is 13.8. The van der Waals surface area contributed by atoms with Crippen molar-refractivity contribution in [3.8, 4) is 0 Å². The number of carbonyl (C=O) groups is 1. The van der Waals surface area contributed by atoms with Crippen LogP contribution >= 0.6 is 0 Å². The van der Waals surface area contributed by atoms with Crippen LogP contribution in [0.3, 0.4) is 0 Å². The summed E-state index contributed by atoms with van der Waals surface area (Å²) in [6.45, 7) is 5.99. The van der Waals surface area contributed by atoms with E-state index >= 15 is 0 Å². The summed E-state index contributed by atoms with van der Waals surface area (Å²) in [4.78, 5) is 19.5. The second-order valence-corrected chi connectivity index (χ2v) is 6.40. The predicted molar refractivity (Wildman–Crippen MR) is 91.9 cm³/mol. The average Bonchev–Trinajstić information content (AvgIpc) is 2.86. The Kier molecular flexibility index (Phi) is 2.75. The summed E-state index contributed by atoms with van der Waals surface area (Å²) in [5.74, 6) is 0.588. The van der Waals surface area contributed by atoms with Gasteiger partial charge in [-0.2, -0.15) is 0 Å². The molecule has 0 atom stereocenters. The summed E-state index contributed by atoms with van der Waals surface area (Å²) in [5.41, 5.74) is 3.08. The first-order valence-electron chi connectivity index (χ1n) is 7.64. The molecule has 2 aromatic carbocycles. The average molecular weight is 306 g/mol. The maximum absolute atomic E-state index is 13.2. The Hall–Kier alpha value is -2.82. The second-order valence-electron chi connectivity index (χ2n) is 6.40. The number of nitrogens with one attached hydrogen (secondary N) is 1. The van der Waals surface area contributed by atoms with E-state index < -0.39 is 5.66 Å². The van der Waals surface area contributed by atoms with E-state index in [-0.39, 0.29) is 6.03 Å². The molecular weight excluding hydrogens is 288 g/mol. The normalized spacial score (nSPS) is 16.3. The van der Waals surface area contributed by atoms with Crippen molar-refractivity contribution in [2.45, 2.75) is 26.4 Å². The highest BCUT2D eigenvalue weighted by Gasteiger charge is 2.40. The molecule has 1 aliphatic rings. The van der Waals surface area contributed by atoms with Gasteiger partial charge in [0.1, 0.15) is 5.66 Å². The lowest BCUT2D eigenvalue weighted by molar-refractivity contribution is 0.241. The van der Waals surface area contributed by atoms with Gasteiger partial charge in [0.15, 0.2) is 0 Å². The first-order chi connectivity index (χ1) is 11.0. The van der Waals surface area contributed by atoms with Crippen molar-refractivity contribution in [3.63, 3.8) is 0 Å². The number of aromatic nitrogens is 2. The molecule has 4 rings (SSSR count). The van der Waals surface area contributed by atoms with Crippen LogP contribution in [-0.2, 0) is 0 Å². The molecule has 3 aromatic rings. The fourth-order valence-electron chi connectivity index (χ4n) is 3.10. The van der Waals surface area contributed by atoms with Crippen LogP contribution in [0.2, 0.25) is 0 Å². The van der Waals surface area contributed by atoms with E-state index in [0.717, 1.165) is 22.3 Å². The number of hydrogen-bond donors (Lipinski definition) is 1.